The van der Waals surface area contributed by atoms with Crippen LogP contribution in [0.3, 0.4) is 0 Å². The van der Waals surface area contributed by atoms with Crippen molar-refractivity contribution >= 4 is 5.91 Å². The largest absolute Gasteiger partial charge is 0.352 e. The number of rotatable bonds is 8. The molecule has 6 nitrogen and oxygen atoms in total. The summed E-state index contributed by atoms with van der Waals surface area (Å²) in [5, 5.41) is 14.3. The molecule has 0 spiro atoms. The molecule has 0 aliphatic carbocycles. The van der Waals surface area contributed by atoms with Crippen LogP contribution < -0.4 is 10.6 Å². The van der Waals surface area contributed by atoms with E-state index in [1.807, 2.05) is 13.1 Å². The molecular formula is C14H27N5O. The Morgan fingerprint density at radius 2 is 2.00 bits per heavy atom. The highest BCUT2D eigenvalue weighted by atomic mass is 16.2. The fourth-order valence-corrected chi connectivity index (χ4v) is 1.60. The van der Waals surface area contributed by atoms with Gasteiger partial charge in [0.05, 0.1) is 11.9 Å². The number of nitrogens with one attached hydrogen (secondary N) is 2. The van der Waals surface area contributed by atoms with Crippen LogP contribution in [0.5, 0.6) is 0 Å². The highest BCUT2D eigenvalue weighted by Crippen LogP contribution is 2.00. The maximum Gasteiger partial charge on any atom is 0.242 e. The van der Waals surface area contributed by atoms with E-state index in [0.29, 0.717) is 18.4 Å². The Balaban J connectivity index is 2.37. The molecule has 0 fully saturated rings. The lowest BCUT2D eigenvalue weighted by molar-refractivity contribution is -0.122. The first-order valence-electron chi connectivity index (χ1n) is 7.27. The number of aromatic nitrogens is 3. The Hall–Kier alpha value is -1.43. The van der Waals surface area contributed by atoms with Crippen molar-refractivity contribution in [2.45, 2.75) is 53.8 Å². The predicted octanol–water partition coefficient (Wildman–Crippen LogP) is 1.18. The van der Waals surface area contributed by atoms with Gasteiger partial charge in [0.25, 0.3) is 0 Å². The van der Waals surface area contributed by atoms with Crippen molar-refractivity contribution in [1.29, 1.82) is 0 Å². The van der Waals surface area contributed by atoms with Gasteiger partial charge in [-0.15, -0.1) is 5.10 Å². The molecule has 0 radical (unpaired) electrons. The molecule has 1 heterocycles. The van der Waals surface area contributed by atoms with Gasteiger partial charge in [0.1, 0.15) is 6.54 Å². The number of hydrogen-bond donors (Lipinski definition) is 2. The van der Waals surface area contributed by atoms with Gasteiger partial charge in [0, 0.05) is 12.6 Å². The summed E-state index contributed by atoms with van der Waals surface area (Å²) in [4.78, 5) is 11.8. The summed E-state index contributed by atoms with van der Waals surface area (Å²) in [6.45, 7) is 12.3. The van der Waals surface area contributed by atoms with E-state index in [9.17, 15) is 4.79 Å². The van der Waals surface area contributed by atoms with Gasteiger partial charge in [-0.1, -0.05) is 32.9 Å². The molecule has 0 bridgehead atoms. The zero-order valence-corrected chi connectivity index (χ0v) is 13.2. The van der Waals surface area contributed by atoms with Crippen LogP contribution in [0, 0.1) is 11.8 Å². The number of carbonyl (C=O) groups excluding carboxylic acids is 1. The lowest BCUT2D eigenvalue weighted by Gasteiger charge is -2.17. The van der Waals surface area contributed by atoms with Crippen LogP contribution in [0.15, 0.2) is 6.20 Å². The van der Waals surface area contributed by atoms with E-state index in [0.717, 1.165) is 12.2 Å². The van der Waals surface area contributed by atoms with Gasteiger partial charge in [0.15, 0.2) is 0 Å². The molecule has 114 valence electrons. The van der Waals surface area contributed by atoms with Gasteiger partial charge in [0.2, 0.25) is 5.91 Å². The molecule has 1 aromatic heterocycles. The fourth-order valence-electron chi connectivity index (χ4n) is 1.60. The summed E-state index contributed by atoms with van der Waals surface area (Å²) in [5.74, 6) is 0.997. The first-order valence-corrected chi connectivity index (χ1v) is 7.27. The third-order valence-electron chi connectivity index (χ3n) is 3.14. The second kappa shape index (κ2) is 7.99. The maximum absolute atomic E-state index is 11.8. The molecule has 20 heavy (non-hydrogen) atoms. The first-order chi connectivity index (χ1) is 9.38. The van der Waals surface area contributed by atoms with E-state index in [4.69, 9.17) is 0 Å². The van der Waals surface area contributed by atoms with Gasteiger partial charge >= 0.3 is 0 Å². The highest BCUT2D eigenvalue weighted by molar-refractivity contribution is 5.75. The quantitative estimate of drug-likeness (QED) is 0.750. The molecule has 0 saturated heterocycles. The molecule has 1 amide bonds. The standard InChI is InChI=1S/C14H27N5O/c1-10(2)6-15-7-13-8-19(18-17-13)9-14(20)16-12(5)11(3)4/h8,10-12,15H,6-7,9H2,1-5H3,(H,16,20). The number of amides is 1. The molecule has 1 aromatic rings. The lowest BCUT2D eigenvalue weighted by Crippen LogP contribution is -2.38. The van der Waals surface area contributed by atoms with Crippen molar-refractivity contribution in [3.8, 4) is 0 Å². The van der Waals surface area contributed by atoms with Gasteiger partial charge in [-0.3, -0.25) is 4.79 Å². The van der Waals surface area contributed by atoms with E-state index in [1.165, 1.54) is 0 Å². The average molecular weight is 281 g/mol. The van der Waals surface area contributed by atoms with Crippen LogP contribution in [0.1, 0.15) is 40.3 Å². The fraction of sp³-hybridized carbons (Fsp3) is 0.786. The van der Waals surface area contributed by atoms with E-state index in [2.05, 4.69) is 48.6 Å². The summed E-state index contributed by atoms with van der Waals surface area (Å²) in [5.41, 5.74) is 0.857. The Labute approximate surface area is 121 Å². The Morgan fingerprint density at radius 3 is 2.60 bits per heavy atom. The Bertz CT molecular complexity index is 413. The van der Waals surface area contributed by atoms with Crippen LogP contribution >= 0.6 is 0 Å². The van der Waals surface area contributed by atoms with E-state index in [1.54, 1.807) is 4.68 Å². The predicted molar refractivity (Wildman–Crippen MR) is 79.0 cm³/mol. The van der Waals surface area contributed by atoms with E-state index < -0.39 is 0 Å². The monoisotopic (exact) mass is 281 g/mol. The Morgan fingerprint density at radius 1 is 1.30 bits per heavy atom. The van der Waals surface area contributed by atoms with Gasteiger partial charge < -0.3 is 10.6 Å². The molecule has 6 heteroatoms. The smallest absolute Gasteiger partial charge is 0.242 e. The van der Waals surface area contributed by atoms with Crippen molar-refractivity contribution in [3.05, 3.63) is 11.9 Å². The second-order valence-electron chi connectivity index (χ2n) is 6.03. The van der Waals surface area contributed by atoms with E-state index in [-0.39, 0.29) is 18.5 Å². The minimum Gasteiger partial charge on any atom is -0.352 e. The van der Waals surface area contributed by atoms with Crippen molar-refractivity contribution in [2.24, 2.45) is 11.8 Å². The summed E-state index contributed by atoms with van der Waals surface area (Å²) in [7, 11) is 0. The van der Waals surface area contributed by atoms with Crippen LogP contribution in [0.4, 0.5) is 0 Å². The third kappa shape index (κ3) is 6.14. The molecular weight excluding hydrogens is 254 g/mol. The lowest BCUT2D eigenvalue weighted by atomic mass is 10.1. The number of carbonyl (C=O) groups is 1. The molecule has 0 aromatic carbocycles. The Kier molecular flexibility index (Phi) is 6.64. The molecule has 1 rings (SSSR count). The minimum absolute atomic E-state index is 0.0298. The molecule has 2 N–H and O–H groups in total. The summed E-state index contributed by atoms with van der Waals surface area (Å²) in [6, 6.07) is 0.165. The van der Waals surface area contributed by atoms with Crippen LogP contribution in [0.25, 0.3) is 0 Å². The third-order valence-corrected chi connectivity index (χ3v) is 3.14. The van der Waals surface area contributed by atoms with Gasteiger partial charge in [-0.2, -0.15) is 0 Å². The maximum atomic E-state index is 11.8. The highest BCUT2D eigenvalue weighted by Gasteiger charge is 2.12. The minimum atomic E-state index is -0.0298. The molecule has 1 atom stereocenters. The zero-order valence-electron chi connectivity index (χ0n) is 13.2. The van der Waals surface area contributed by atoms with Crippen LogP contribution in [-0.4, -0.2) is 33.5 Å². The second-order valence-corrected chi connectivity index (χ2v) is 6.03. The van der Waals surface area contributed by atoms with Crippen LogP contribution in [0.2, 0.25) is 0 Å². The normalized spacial score (nSPS) is 12.9. The molecule has 0 aliphatic heterocycles. The van der Waals surface area contributed by atoms with Gasteiger partial charge in [-0.25, -0.2) is 4.68 Å². The van der Waals surface area contributed by atoms with Crippen molar-refractivity contribution in [2.75, 3.05) is 6.54 Å². The van der Waals surface area contributed by atoms with Crippen LogP contribution in [-0.2, 0) is 17.9 Å². The van der Waals surface area contributed by atoms with Crippen molar-refractivity contribution in [1.82, 2.24) is 25.6 Å². The summed E-state index contributed by atoms with van der Waals surface area (Å²) >= 11 is 0. The first kappa shape index (κ1) is 16.6. The van der Waals surface area contributed by atoms with Gasteiger partial charge in [-0.05, 0) is 25.3 Å². The summed E-state index contributed by atoms with van der Waals surface area (Å²) < 4.78 is 1.58. The molecule has 1 unspecified atom stereocenters. The average Bonchev–Trinajstić information content (AvgIpc) is 2.75. The number of hydrogen-bond acceptors (Lipinski definition) is 4. The SMILES string of the molecule is CC(C)CNCc1cn(CC(=O)NC(C)C(C)C)nn1. The summed E-state index contributed by atoms with van der Waals surface area (Å²) in [6.07, 6.45) is 1.81. The number of nitrogens with zero attached hydrogens (tertiary/aromatic N) is 3. The molecule has 0 saturated carbocycles. The topological polar surface area (TPSA) is 71.8 Å². The van der Waals surface area contributed by atoms with Crippen molar-refractivity contribution < 1.29 is 4.79 Å². The van der Waals surface area contributed by atoms with Crippen molar-refractivity contribution in [3.63, 3.8) is 0 Å². The zero-order chi connectivity index (χ0) is 15.1. The van der Waals surface area contributed by atoms with E-state index >= 15 is 0 Å². The molecule has 0 aliphatic rings.